The SMILES string of the molecule is C#CCC[CH2-].[CH2-][Si](C)(C)C.[Zn+2]. The van der Waals surface area contributed by atoms with Gasteiger partial charge in [0.15, 0.2) is 0 Å². The van der Waals surface area contributed by atoms with E-state index in [0.717, 1.165) is 12.8 Å². The molecule has 0 aromatic rings. The van der Waals surface area contributed by atoms with Gasteiger partial charge >= 0.3 is 19.5 Å². The predicted octanol–water partition coefficient (Wildman–Crippen LogP) is 2.93. The molecule has 0 unspecified atom stereocenters. The van der Waals surface area contributed by atoms with E-state index in [1.807, 2.05) is 0 Å². The molecule has 2 heteroatoms. The van der Waals surface area contributed by atoms with Crippen molar-refractivity contribution < 1.29 is 19.5 Å². The molecule has 60 valence electrons. The maximum absolute atomic E-state index is 4.85. The van der Waals surface area contributed by atoms with Crippen molar-refractivity contribution in [2.75, 3.05) is 0 Å². The molecular weight excluding hydrogens is 202 g/mol. The van der Waals surface area contributed by atoms with Gasteiger partial charge in [-0.1, -0.05) is 19.6 Å². The summed E-state index contributed by atoms with van der Waals surface area (Å²) in [5, 5.41) is 0. The molecule has 0 rings (SSSR count). The smallest absolute Gasteiger partial charge is 0.342 e. The van der Waals surface area contributed by atoms with Gasteiger partial charge in [-0.15, -0.1) is 20.4 Å². The van der Waals surface area contributed by atoms with Crippen molar-refractivity contribution >= 4 is 8.07 Å². The zero-order chi connectivity index (χ0) is 8.62. The zero-order valence-electron chi connectivity index (χ0n) is 8.11. The Kier molecular flexibility index (Phi) is 16.5. The molecular formula is C9H18SiZn. The van der Waals surface area contributed by atoms with E-state index >= 15 is 0 Å². The largest absolute Gasteiger partial charge is 2.00 e. The number of unbranched alkanes of at least 4 members (excludes halogenated alkanes) is 1. The molecule has 0 radical (unpaired) electrons. The van der Waals surface area contributed by atoms with Crippen LogP contribution in [0.3, 0.4) is 0 Å². The summed E-state index contributed by atoms with van der Waals surface area (Å²) in [4.78, 5) is 0. The molecule has 0 aromatic heterocycles. The number of terminal acetylenes is 1. The Morgan fingerprint density at radius 2 is 1.64 bits per heavy atom. The Bertz CT molecular complexity index is 91.1. The van der Waals surface area contributed by atoms with Crippen LogP contribution in [0, 0.1) is 25.8 Å². The van der Waals surface area contributed by atoms with Crippen molar-refractivity contribution in [1.82, 2.24) is 0 Å². The molecule has 0 N–H and O–H groups in total. The average molecular weight is 220 g/mol. The van der Waals surface area contributed by atoms with Crippen LogP contribution in [-0.4, -0.2) is 8.07 Å². The van der Waals surface area contributed by atoms with Gasteiger partial charge in [0, 0.05) is 0 Å². The fourth-order valence-corrected chi connectivity index (χ4v) is 0.102. The van der Waals surface area contributed by atoms with Crippen LogP contribution in [0.2, 0.25) is 19.6 Å². The molecule has 0 aromatic carbocycles. The topological polar surface area (TPSA) is 0 Å². The van der Waals surface area contributed by atoms with Crippen LogP contribution in [0.1, 0.15) is 12.8 Å². The maximum Gasteiger partial charge on any atom is 2.00 e. The van der Waals surface area contributed by atoms with Crippen LogP contribution in [0.4, 0.5) is 0 Å². The van der Waals surface area contributed by atoms with E-state index in [0.29, 0.717) is 0 Å². The molecule has 0 spiro atoms. The molecule has 0 aliphatic carbocycles. The minimum absolute atomic E-state index is 0. The second-order valence-corrected chi connectivity index (χ2v) is 8.49. The standard InChI is InChI=1S/C5H7.C4H11Si.Zn/c1-3-5-4-2;1-5(2,3)4;/h1H,2,4-5H2;1H2,2-4H3;/q2*-1;+2. The first kappa shape index (κ1) is 17.5. The third kappa shape index (κ3) is 127. The monoisotopic (exact) mass is 218 g/mol. The summed E-state index contributed by atoms with van der Waals surface area (Å²) in [6.07, 6.45) is 6.51. The Morgan fingerprint density at radius 3 is 1.64 bits per heavy atom. The van der Waals surface area contributed by atoms with Crippen LogP contribution in [0.15, 0.2) is 0 Å². The van der Waals surface area contributed by atoms with Gasteiger partial charge in [0.1, 0.15) is 0 Å². The van der Waals surface area contributed by atoms with E-state index in [1.54, 1.807) is 0 Å². The van der Waals surface area contributed by atoms with Gasteiger partial charge in [0.05, 0.1) is 0 Å². The fraction of sp³-hybridized carbons (Fsp3) is 0.556. The molecule has 0 fully saturated rings. The van der Waals surface area contributed by atoms with Crippen molar-refractivity contribution in [2.24, 2.45) is 0 Å². The third-order valence-corrected chi connectivity index (χ3v) is 0.321. The number of rotatable bonds is 1. The number of hydrogen-bond donors (Lipinski definition) is 0. The van der Waals surface area contributed by atoms with Crippen LogP contribution >= 0.6 is 0 Å². The fourth-order valence-electron chi connectivity index (χ4n) is 0.102. The summed E-state index contributed by atoms with van der Waals surface area (Å²) in [5.74, 6) is 2.45. The Labute approximate surface area is 85.9 Å². The van der Waals surface area contributed by atoms with Crippen molar-refractivity contribution in [3.8, 4) is 12.3 Å². The Balaban J connectivity index is -0.000000107. The summed E-state index contributed by atoms with van der Waals surface area (Å²) < 4.78 is 0. The minimum atomic E-state index is -0.861. The first-order chi connectivity index (χ1) is 4.41. The van der Waals surface area contributed by atoms with E-state index in [9.17, 15) is 0 Å². The first-order valence-electron chi connectivity index (χ1n) is 3.50. The molecule has 0 amide bonds. The van der Waals surface area contributed by atoms with Gasteiger partial charge in [-0.3, -0.25) is 0 Å². The van der Waals surface area contributed by atoms with Gasteiger partial charge in [-0.25, -0.2) is 0 Å². The van der Waals surface area contributed by atoms with Crippen molar-refractivity contribution in [3.05, 3.63) is 13.5 Å². The van der Waals surface area contributed by atoms with Gasteiger partial charge < -0.3 is 13.5 Å². The molecule has 0 aliphatic heterocycles. The predicted molar refractivity (Wildman–Crippen MR) is 52.1 cm³/mol. The van der Waals surface area contributed by atoms with Gasteiger partial charge in [-0.2, -0.15) is 6.42 Å². The molecule has 11 heavy (non-hydrogen) atoms. The molecule has 0 atom stereocenters. The number of hydrogen-bond acceptors (Lipinski definition) is 0. The first-order valence-corrected chi connectivity index (χ1v) is 7.20. The van der Waals surface area contributed by atoms with E-state index in [-0.39, 0.29) is 19.5 Å². The quantitative estimate of drug-likeness (QED) is 0.362. The van der Waals surface area contributed by atoms with Crippen molar-refractivity contribution in [3.63, 3.8) is 0 Å². The normalized spacial score (nSPS) is 8.36. The summed E-state index contributed by atoms with van der Waals surface area (Å²) in [5.41, 5.74) is 0. The van der Waals surface area contributed by atoms with E-state index < -0.39 is 8.07 Å². The van der Waals surface area contributed by atoms with Crippen molar-refractivity contribution in [1.29, 1.82) is 0 Å². The third-order valence-electron chi connectivity index (χ3n) is 0.321. The van der Waals surface area contributed by atoms with E-state index in [4.69, 9.17) is 6.42 Å². The van der Waals surface area contributed by atoms with Crippen LogP contribution in [0.5, 0.6) is 0 Å². The Morgan fingerprint density at radius 1 is 1.36 bits per heavy atom. The summed E-state index contributed by atoms with van der Waals surface area (Å²) in [6, 6.07) is 0. The zero-order valence-corrected chi connectivity index (χ0v) is 12.1. The summed E-state index contributed by atoms with van der Waals surface area (Å²) in [7, 11) is -0.861. The van der Waals surface area contributed by atoms with E-state index in [2.05, 4.69) is 39.0 Å². The average Bonchev–Trinajstić information content (AvgIpc) is 1.63. The van der Waals surface area contributed by atoms with Crippen LogP contribution < -0.4 is 0 Å². The molecule has 0 saturated carbocycles. The van der Waals surface area contributed by atoms with E-state index in [1.165, 1.54) is 0 Å². The second kappa shape index (κ2) is 10.4. The molecule has 0 aliphatic rings. The van der Waals surface area contributed by atoms with Gasteiger partial charge in [-0.05, 0) is 6.42 Å². The summed E-state index contributed by atoms with van der Waals surface area (Å²) >= 11 is 0. The van der Waals surface area contributed by atoms with Gasteiger partial charge in [0.25, 0.3) is 0 Å². The van der Waals surface area contributed by atoms with Crippen LogP contribution in [-0.2, 0) is 19.5 Å². The molecule has 0 bridgehead atoms. The minimum Gasteiger partial charge on any atom is -0.342 e. The maximum atomic E-state index is 4.85. The summed E-state index contributed by atoms with van der Waals surface area (Å²) in [6.45, 7) is 14.1. The second-order valence-electron chi connectivity index (χ2n) is 3.37. The van der Waals surface area contributed by atoms with Gasteiger partial charge in [0.2, 0.25) is 0 Å². The molecule has 0 saturated heterocycles. The molecule has 0 nitrogen and oxygen atoms in total. The van der Waals surface area contributed by atoms with Crippen LogP contribution in [0.25, 0.3) is 0 Å². The Hall–Kier alpha value is 0.400. The molecule has 0 heterocycles. The van der Waals surface area contributed by atoms with Crippen molar-refractivity contribution in [2.45, 2.75) is 32.5 Å².